The van der Waals surface area contributed by atoms with Gasteiger partial charge in [-0.15, -0.1) is 0 Å². The Bertz CT molecular complexity index is 538. The van der Waals surface area contributed by atoms with Crippen LogP contribution in [0, 0.1) is 5.82 Å². The van der Waals surface area contributed by atoms with Crippen LogP contribution in [0.1, 0.15) is 31.2 Å². The number of aliphatic carboxylic acids is 1. The van der Waals surface area contributed by atoms with Crippen molar-refractivity contribution in [1.29, 1.82) is 0 Å². The van der Waals surface area contributed by atoms with E-state index in [0.29, 0.717) is 12.8 Å². The number of carbonyl (C=O) groups is 2. The number of rotatable bonds is 6. The van der Waals surface area contributed by atoms with Gasteiger partial charge in [0.05, 0.1) is 12.0 Å². The maximum atomic E-state index is 13.1. The summed E-state index contributed by atoms with van der Waals surface area (Å²) in [5, 5.41) is 11.6. The molecule has 1 aromatic rings. The fourth-order valence-corrected chi connectivity index (χ4v) is 3.02. The van der Waals surface area contributed by atoms with E-state index in [2.05, 4.69) is 5.32 Å². The van der Waals surface area contributed by atoms with Crippen molar-refractivity contribution in [3.8, 4) is 0 Å². The second-order valence-electron chi connectivity index (χ2n) is 5.57. The Morgan fingerprint density at radius 1 is 1.32 bits per heavy atom. The quantitative estimate of drug-likeness (QED) is 0.841. The molecule has 1 aliphatic rings. The highest BCUT2D eigenvalue weighted by Crippen LogP contribution is 2.41. The predicted octanol–water partition coefficient (Wildman–Crippen LogP) is 1.85. The molecule has 120 valence electrons. The SMILES string of the molecule is COC(CNC(=O)C1(c2ccc(F)cc2)CCCC1)C(=O)O. The first-order valence-electron chi connectivity index (χ1n) is 7.29. The number of nitrogens with one attached hydrogen (secondary N) is 1. The topological polar surface area (TPSA) is 75.6 Å². The molecule has 1 unspecified atom stereocenters. The van der Waals surface area contributed by atoms with Gasteiger partial charge >= 0.3 is 5.97 Å². The van der Waals surface area contributed by atoms with Gasteiger partial charge in [0.1, 0.15) is 5.82 Å². The zero-order valence-corrected chi connectivity index (χ0v) is 12.5. The van der Waals surface area contributed by atoms with Gasteiger partial charge < -0.3 is 15.2 Å². The van der Waals surface area contributed by atoms with Crippen LogP contribution in [0.25, 0.3) is 0 Å². The van der Waals surface area contributed by atoms with E-state index in [1.807, 2.05) is 0 Å². The van der Waals surface area contributed by atoms with E-state index in [-0.39, 0.29) is 18.3 Å². The highest BCUT2D eigenvalue weighted by atomic mass is 19.1. The Morgan fingerprint density at radius 3 is 2.41 bits per heavy atom. The van der Waals surface area contributed by atoms with Crippen LogP contribution in [0.2, 0.25) is 0 Å². The van der Waals surface area contributed by atoms with Gasteiger partial charge in [0, 0.05) is 7.11 Å². The number of amides is 1. The number of benzene rings is 1. The standard InChI is InChI=1S/C16H20FNO4/c1-22-13(14(19)20)10-18-15(21)16(8-2-3-9-16)11-4-6-12(17)7-5-11/h4-7,13H,2-3,8-10H2,1H3,(H,18,21)(H,19,20). The molecule has 0 aliphatic heterocycles. The molecule has 5 nitrogen and oxygen atoms in total. The Kier molecular flexibility index (Phi) is 5.13. The van der Waals surface area contributed by atoms with Crippen molar-refractivity contribution in [2.75, 3.05) is 13.7 Å². The Hall–Kier alpha value is -1.95. The summed E-state index contributed by atoms with van der Waals surface area (Å²) in [6.07, 6.45) is 2.11. The fourth-order valence-electron chi connectivity index (χ4n) is 3.02. The van der Waals surface area contributed by atoms with Crippen molar-refractivity contribution < 1.29 is 23.8 Å². The minimum Gasteiger partial charge on any atom is -0.479 e. The highest BCUT2D eigenvalue weighted by molar-refractivity contribution is 5.89. The van der Waals surface area contributed by atoms with Crippen LogP contribution < -0.4 is 5.32 Å². The van der Waals surface area contributed by atoms with E-state index in [1.165, 1.54) is 19.2 Å². The third kappa shape index (κ3) is 3.27. The molecule has 1 saturated carbocycles. The van der Waals surface area contributed by atoms with Gasteiger partial charge in [0.15, 0.2) is 6.10 Å². The zero-order chi connectivity index (χ0) is 16.2. The maximum Gasteiger partial charge on any atom is 0.334 e. The van der Waals surface area contributed by atoms with Crippen LogP contribution in [0.5, 0.6) is 0 Å². The molecule has 0 aromatic heterocycles. The summed E-state index contributed by atoms with van der Waals surface area (Å²) in [6.45, 7) is -0.0897. The summed E-state index contributed by atoms with van der Waals surface area (Å²) in [7, 11) is 1.29. The molecule has 0 radical (unpaired) electrons. The van der Waals surface area contributed by atoms with E-state index in [0.717, 1.165) is 18.4 Å². The fraction of sp³-hybridized carbons (Fsp3) is 0.500. The highest BCUT2D eigenvalue weighted by Gasteiger charge is 2.42. The molecule has 0 heterocycles. The van der Waals surface area contributed by atoms with Gasteiger partial charge in [0.2, 0.25) is 5.91 Å². The van der Waals surface area contributed by atoms with Crippen LogP contribution in [0.15, 0.2) is 24.3 Å². The lowest BCUT2D eigenvalue weighted by atomic mass is 9.78. The number of carbonyl (C=O) groups excluding carboxylic acids is 1. The Labute approximate surface area is 128 Å². The van der Waals surface area contributed by atoms with Crippen LogP contribution >= 0.6 is 0 Å². The van der Waals surface area contributed by atoms with Gasteiger partial charge in [-0.05, 0) is 30.5 Å². The minimum absolute atomic E-state index is 0.0897. The minimum atomic E-state index is -1.12. The van der Waals surface area contributed by atoms with E-state index in [4.69, 9.17) is 9.84 Å². The number of carboxylic acids is 1. The third-order valence-electron chi connectivity index (χ3n) is 4.30. The summed E-state index contributed by atoms with van der Waals surface area (Å²) in [5.41, 5.74) is 0.0676. The van der Waals surface area contributed by atoms with Crippen LogP contribution in [0.3, 0.4) is 0 Å². The number of methoxy groups -OCH3 is 1. The van der Waals surface area contributed by atoms with E-state index >= 15 is 0 Å². The monoisotopic (exact) mass is 309 g/mol. The third-order valence-corrected chi connectivity index (χ3v) is 4.30. The van der Waals surface area contributed by atoms with Crippen LogP contribution in [-0.4, -0.2) is 36.7 Å². The first kappa shape index (κ1) is 16.4. The number of ether oxygens (including phenoxy) is 1. The van der Waals surface area contributed by atoms with Crippen molar-refractivity contribution in [3.05, 3.63) is 35.6 Å². The summed E-state index contributed by atoms with van der Waals surface area (Å²) in [6, 6.07) is 5.95. The van der Waals surface area contributed by atoms with Gasteiger partial charge in [0.25, 0.3) is 0 Å². The summed E-state index contributed by atoms with van der Waals surface area (Å²) in [5.74, 6) is -1.69. The number of hydrogen-bond donors (Lipinski definition) is 2. The molecule has 1 aromatic carbocycles. The summed E-state index contributed by atoms with van der Waals surface area (Å²) >= 11 is 0. The Morgan fingerprint density at radius 2 is 1.91 bits per heavy atom. The van der Waals surface area contributed by atoms with Gasteiger partial charge in [-0.25, -0.2) is 9.18 Å². The van der Waals surface area contributed by atoms with E-state index in [9.17, 15) is 14.0 Å². The molecule has 22 heavy (non-hydrogen) atoms. The molecule has 0 spiro atoms. The first-order valence-corrected chi connectivity index (χ1v) is 7.29. The zero-order valence-electron chi connectivity index (χ0n) is 12.5. The molecule has 6 heteroatoms. The van der Waals surface area contributed by atoms with Crippen molar-refractivity contribution in [2.24, 2.45) is 0 Å². The van der Waals surface area contributed by atoms with Gasteiger partial charge in [-0.3, -0.25) is 4.79 Å². The van der Waals surface area contributed by atoms with Crippen molar-refractivity contribution in [2.45, 2.75) is 37.2 Å². The average molecular weight is 309 g/mol. The number of carboxylic acid groups (broad SMARTS) is 1. The first-order chi connectivity index (χ1) is 10.5. The molecule has 0 bridgehead atoms. The molecule has 1 amide bonds. The number of hydrogen-bond acceptors (Lipinski definition) is 3. The average Bonchev–Trinajstić information content (AvgIpc) is 2.99. The molecule has 2 N–H and O–H groups in total. The largest absolute Gasteiger partial charge is 0.479 e. The molecular weight excluding hydrogens is 289 g/mol. The molecule has 1 atom stereocenters. The lowest BCUT2D eigenvalue weighted by Crippen LogP contribution is -2.46. The molecule has 1 fully saturated rings. The second kappa shape index (κ2) is 6.87. The van der Waals surface area contributed by atoms with Crippen molar-refractivity contribution in [1.82, 2.24) is 5.32 Å². The number of halogens is 1. The van der Waals surface area contributed by atoms with Crippen molar-refractivity contribution >= 4 is 11.9 Å². The smallest absolute Gasteiger partial charge is 0.334 e. The second-order valence-corrected chi connectivity index (χ2v) is 5.57. The van der Waals surface area contributed by atoms with E-state index in [1.54, 1.807) is 12.1 Å². The summed E-state index contributed by atoms with van der Waals surface area (Å²) < 4.78 is 17.9. The molecular formula is C16H20FNO4. The van der Waals surface area contributed by atoms with Crippen molar-refractivity contribution in [3.63, 3.8) is 0 Å². The van der Waals surface area contributed by atoms with E-state index < -0.39 is 17.5 Å². The molecule has 1 aliphatic carbocycles. The van der Waals surface area contributed by atoms with Gasteiger partial charge in [-0.2, -0.15) is 0 Å². The lowest BCUT2D eigenvalue weighted by molar-refractivity contribution is -0.148. The maximum absolute atomic E-state index is 13.1. The Balaban J connectivity index is 2.15. The van der Waals surface area contributed by atoms with Crippen LogP contribution in [0.4, 0.5) is 4.39 Å². The molecule has 0 saturated heterocycles. The normalized spacial score (nSPS) is 17.9. The van der Waals surface area contributed by atoms with Crippen LogP contribution in [-0.2, 0) is 19.7 Å². The van der Waals surface area contributed by atoms with Gasteiger partial charge in [-0.1, -0.05) is 25.0 Å². The summed E-state index contributed by atoms with van der Waals surface area (Å²) in [4.78, 5) is 23.6. The molecule has 2 rings (SSSR count). The lowest BCUT2D eigenvalue weighted by Gasteiger charge is -2.29. The predicted molar refractivity (Wildman–Crippen MR) is 78.0 cm³/mol.